The lowest BCUT2D eigenvalue weighted by Crippen LogP contribution is -2.45. The highest BCUT2D eigenvalue weighted by molar-refractivity contribution is 6.39. The highest BCUT2D eigenvalue weighted by Crippen LogP contribution is 2.20. The third-order valence-corrected chi connectivity index (χ3v) is 4.53. The standard InChI is InChI=1S/C20H24N4O3/c1-15-4-6-17(7-5-15)23-20(26)19(25)22-14-18(16-3-2-8-21-13-16)24-9-11-27-12-10-24/h2-8,13,18H,9-12,14H2,1H3,(H,22,25)(H,23,26)/t18-/m0/s1. The summed E-state index contributed by atoms with van der Waals surface area (Å²) in [6.45, 7) is 5.13. The fourth-order valence-electron chi connectivity index (χ4n) is 3.01. The van der Waals surface area contributed by atoms with E-state index in [9.17, 15) is 9.59 Å². The highest BCUT2D eigenvalue weighted by atomic mass is 16.5. The normalized spacial score (nSPS) is 15.7. The molecule has 1 atom stereocenters. The number of hydrogen-bond donors (Lipinski definition) is 2. The Labute approximate surface area is 158 Å². The van der Waals surface area contributed by atoms with Crippen molar-refractivity contribution in [1.82, 2.24) is 15.2 Å². The minimum Gasteiger partial charge on any atom is -0.379 e. The van der Waals surface area contributed by atoms with Gasteiger partial charge in [0.05, 0.1) is 19.3 Å². The second-order valence-corrected chi connectivity index (χ2v) is 6.48. The monoisotopic (exact) mass is 368 g/mol. The first-order valence-corrected chi connectivity index (χ1v) is 9.01. The molecule has 2 amide bonds. The maximum atomic E-state index is 12.3. The molecule has 0 radical (unpaired) electrons. The van der Waals surface area contributed by atoms with Crippen molar-refractivity contribution in [3.63, 3.8) is 0 Å². The summed E-state index contributed by atoms with van der Waals surface area (Å²) in [5, 5.41) is 5.36. The van der Waals surface area contributed by atoms with Crippen LogP contribution in [-0.4, -0.2) is 54.5 Å². The number of anilines is 1. The average Bonchev–Trinajstić information content (AvgIpc) is 2.71. The van der Waals surface area contributed by atoms with Crippen LogP contribution < -0.4 is 10.6 Å². The van der Waals surface area contributed by atoms with Gasteiger partial charge in [-0.25, -0.2) is 0 Å². The zero-order valence-corrected chi connectivity index (χ0v) is 15.4. The molecule has 0 aliphatic carbocycles. The molecule has 1 saturated heterocycles. The van der Waals surface area contributed by atoms with Crippen LogP contribution in [0.1, 0.15) is 17.2 Å². The number of benzene rings is 1. The molecule has 27 heavy (non-hydrogen) atoms. The summed E-state index contributed by atoms with van der Waals surface area (Å²) in [6, 6.07) is 11.1. The van der Waals surface area contributed by atoms with Gasteiger partial charge in [0, 0.05) is 37.7 Å². The van der Waals surface area contributed by atoms with Gasteiger partial charge in [-0.1, -0.05) is 23.8 Å². The first-order chi connectivity index (χ1) is 13.1. The summed E-state index contributed by atoms with van der Waals surface area (Å²) in [6.07, 6.45) is 3.51. The summed E-state index contributed by atoms with van der Waals surface area (Å²) in [5.41, 5.74) is 2.68. The minimum absolute atomic E-state index is 0.0567. The van der Waals surface area contributed by atoms with Crippen LogP contribution in [0, 0.1) is 6.92 Å². The van der Waals surface area contributed by atoms with E-state index in [0.717, 1.165) is 24.2 Å². The fourth-order valence-corrected chi connectivity index (χ4v) is 3.01. The lowest BCUT2D eigenvalue weighted by Gasteiger charge is -2.34. The summed E-state index contributed by atoms with van der Waals surface area (Å²) in [5.74, 6) is -1.33. The Morgan fingerprint density at radius 3 is 2.56 bits per heavy atom. The van der Waals surface area contributed by atoms with E-state index < -0.39 is 11.8 Å². The van der Waals surface area contributed by atoms with E-state index >= 15 is 0 Å². The van der Waals surface area contributed by atoms with E-state index in [4.69, 9.17) is 4.74 Å². The van der Waals surface area contributed by atoms with Gasteiger partial charge in [-0.3, -0.25) is 19.5 Å². The molecule has 2 N–H and O–H groups in total. The molecule has 1 aliphatic rings. The van der Waals surface area contributed by atoms with Crippen molar-refractivity contribution in [3.05, 3.63) is 59.9 Å². The van der Waals surface area contributed by atoms with Crippen LogP contribution in [0.5, 0.6) is 0 Å². The van der Waals surface area contributed by atoms with Crippen molar-refractivity contribution >= 4 is 17.5 Å². The lowest BCUT2D eigenvalue weighted by atomic mass is 10.1. The topological polar surface area (TPSA) is 83.6 Å². The second kappa shape index (κ2) is 9.25. The largest absolute Gasteiger partial charge is 0.379 e. The predicted octanol–water partition coefficient (Wildman–Crippen LogP) is 1.52. The molecule has 3 rings (SSSR count). The van der Waals surface area contributed by atoms with E-state index in [1.165, 1.54) is 0 Å². The Bertz CT molecular complexity index is 759. The minimum atomic E-state index is -0.675. The summed E-state index contributed by atoms with van der Waals surface area (Å²) >= 11 is 0. The van der Waals surface area contributed by atoms with E-state index in [2.05, 4.69) is 20.5 Å². The van der Waals surface area contributed by atoms with Crippen LogP contribution in [-0.2, 0) is 14.3 Å². The molecule has 0 saturated carbocycles. The van der Waals surface area contributed by atoms with Crippen LogP contribution in [0.2, 0.25) is 0 Å². The fraction of sp³-hybridized carbons (Fsp3) is 0.350. The van der Waals surface area contributed by atoms with Gasteiger partial charge in [-0.05, 0) is 30.7 Å². The zero-order valence-electron chi connectivity index (χ0n) is 15.4. The molecule has 7 heteroatoms. The summed E-state index contributed by atoms with van der Waals surface area (Å²) in [4.78, 5) is 30.8. The number of nitrogens with one attached hydrogen (secondary N) is 2. The number of hydrogen-bond acceptors (Lipinski definition) is 5. The molecule has 0 unspecified atom stereocenters. The van der Waals surface area contributed by atoms with E-state index in [1.807, 2.05) is 31.2 Å². The van der Waals surface area contributed by atoms with Crippen LogP contribution in [0.25, 0.3) is 0 Å². The van der Waals surface area contributed by atoms with Crippen molar-refractivity contribution in [3.8, 4) is 0 Å². The van der Waals surface area contributed by atoms with Gasteiger partial charge in [0.15, 0.2) is 0 Å². The lowest BCUT2D eigenvalue weighted by molar-refractivity contribution is -0.136. The number of ether oxygens (including phenoxy) is 1. The Balaban J connectivity index is 1.61. The average molecular weight is 368 g/mol. The molecule has 1 aromatic heterocycles. The molecular weight excluding hydrogens is 344 g/mol. The number of nitrogens with zero attached hydrogens (tertiary/aromatic N) is 2. The molecule has 1 aromatic carbocycles. The number of aryl methyl sites for hydroxylation is 1. The van der Waals surface area contributed by atoms with Gasteiger partial charge in [0.25, 0.3) is 0 Å². The number of amides is 2. The van der Waals surface area contributed by atoms with Gasteiger partial charge >= 0.3 is 11.8 Å². The van der Waals surface area contributed by atoms with Crippen molar-refractivity contribution < 1.29 is 14.3 Å². The van der Waals surface area contributed by atoms with Gasteiger partial charge in [0.1, 0.15) is 0 Å². The molecule has 0 spiro atoms. The SMILES string of the molecule is Cc1ccc(NC(=O)C(=O)NC[C@@H](c2cccnc2)N2CCOCC2)cc1. The molecule has 1 fully saturated rings. The molecule has 1 aliphatic heterocycles. The number of aromatic nitrogens is 1. The molecule has 7 nitrogen and oxygen atoms in total. The van der Waals surface area contributed by atoms with Gasteiger partial charge in [0.2, 0.25) is 0 Å². The maximum Gasteiger partial charge on any atom is 0.313 e. The van der Waals surface area contributed by atoms with E-state index in [0.29, 0.717) is 25.4 Å². The zero-order chi connectivity index (χ0) is 19.1. The van der Waals surface area contributed by atoms with Crippen molar-refractivity contribution in [2.24, 2.45) is 0 Å². The van der Waals surface area contributed by atoms with Crippen LogP contribution in [0.4, 0.5) is 5.69 Å². The molecular formula is C20H24N4O3. The molecule has 2 heterocycles. The van der Waals surface area contributed by atoms with E-state index in [-0.39, 0.29) is 6.04 Å². The van der Waals surface area contributed by atoms with Crippen LogP contribution in [0.15, 0.2) is 48.8 Å². The Morgan fingerprint density at radius 2 is 1.89 bits per heavy atom. The summed E-state index contributed by atoms with van der Waals surface area (Å²) < 4.78 is 5.42. The second-order valence-electron chi connectivity index (χ2n) is 6.48. The Hall–Kier alpha value is -2.77. The van der Waals surface area contributed by atoms with Gasteiger partial charge < -0.3 is 15.4 Å². The van der Waals surface area contributed by atoms with E-state index in [1.54, 1.807) is 24.5 Å². The predicted molar refractivity (Wildman–Crippen MR) is 102 cm³/mol. The highest BCUT2D eigenvalue weighted by Gasteiger charge is 2.24. The molecule has 2 aromatic rings. The van der Waals surface area contributed by atoms with Crippen LogP contribution >= 0.6 is 0 Å². The Morgan fingerprint density at radius 1 is 1.15 bits per heavy atom. The molecule has 142 valence electrons. The van der Waals surface area contributed by atoms with Crippen molar-refractivity contribution in [2.75, 3.05) is 38.2 Å². The summed E-state index contributed by atoms with van der Waals surface area (Å²) in [7, 11) is 0. The first-order valence-electron chi connectivity index (χ1n) is 9.01. The number of pyridine rings is 1. The van der Waals surface area contributed by atoms with Crippen molar-refractivity contribution in [2.45, 2.75) is 13.0 Å². The molecule has 0 bridgehead atoms. The smallest absolute Gasteiger partial charge is 0.313 e. The van der Waals surface area contributed by atoms with Crippen LogP contribution in [0.3, 0.4) is 0 Å². The number of carbonyl (C=O) groups excluding carboxylic acids is 2. The van der Waals surface area contributed by atoms with Gasteiger partial charge in [-0.2, -0.15) is 0 Å². The maximum absolute atomic E-state index is 12.3. The number of carbonyl (C=O) groups is 2. The number of rotatable bonds is 5. The quantitative estimate of drug-likeness (QED) is 0.782. The van der Waals surface area contributed by atoms with Crippen molar-refractivity contribution in [1.29, 1.82) is 0 Å². The number of morpholine rings is 1. The van der Waals surface area contributed by atoms with Gasteiger partial charge in [-0.15, -0.1) is 0 Å². The Kier molecular flexibility index (Phi) is 6.51. The first kappa shape index (κ1) is 19.0. The third-order valence-electron chi connectivity index (χ3n) is 4.53. The third kappa shape index (κ3) is 5.35.